The molecule has 2 aromatic rings. The summed E-state index contributed by atoms with van der Waals surface area (Å²) < 4.78 is 5.76. The van der Waals surface area contributed by atoms with Crippen LogP contribution in [0.25, 0.3) is 11.0 Å². The number of fused-ring (bicyclic) bond motifs is 1. The normalized spacial score (nSPS) is 18.3. The summed E-state index contributed by atoms with van der Waals surface area (Å²) in [6.45, 7) is 3.51. The lowest BCUT2D eigenvalue weighted by Crippen LogP contribution is -2.60. The average molecular weight is 405 g/mol. The monoisotopic (exact) mass is 404 g/mol. The summed E-state index contributed by atoms with van der Waals surface area (Å²) in [4.78, 5) is 15.1. The highest BCUT2D eigenvalue weighted by atomic mass is 33.1. The average Bonchev–Trinajstić information content (AvgIpc) is 2.52. The highest BCUT2D eigenvalue weighted by Crippen LogP contribution is 2.35. The lowest BCUT2D eigenvalue weighted by Gasteiger charge is -2.44. The van der Waals surface area contributed by atoms with E-state index in [1.807, 2.05) is 17.9 Å². The van der Waals surface area contributed by atoms with Gasteiger partial charge in [0.2, 0.25) is 0 Å². The Bertz CT molecular complexity index is 710. The summed E-state index contributed by atoms with van der Waals surface area (Å²) >= 11 is 8.68. The Morgan fingerprint density at radius 1 is 1.42 bits per heavy atom. The van der Waals surface area contributed by atoms with Crippen LogP contribution < -0.4 is 9.64 Å². The predicted molar refractivity (Wildman–Crippen MR) is 110 cm³/mol. The van der Waals surface area contributed by atoms with Gasteiger partial charge in [-0.15, -0.1) is 23.3 Å². The number of hydrogen-bond donors (Lipinski definition) is 4. The van der Waals surface area contributed by atoms with Crippen LogP contribution in [0.15, 0.2) is 18.6 Å². The van der Waals surface area contributed by atoms with E-state index in [2.05, 4.69) is 38.3 Å². The van der Waals surface area contributed by atoms with Gasteiger partial charge in [-0.05, 0) is 6.92 Å². The molecule has 1 aliphatic rings. The lowest BCUT2D eigenvalue weighted by molar-refractivity contribution is 0.0307. The largest absolute Gasteiger partial charge is 0.491 e. The standard InChI is InChI=1S/C14H20N4O2S4/c1-14(19)6-18(7-14)13-12-11(16-8-17-13)4-10(5-15-12)20-2-3-24(22)9-23-21/h4-5,8,19,21-22,24H,2-3,6-7,9H2,1H3. The fourth-order valence-corrected chi connectivity index (χ4v) is 6.74. The van der Waals surface area contributed by atoms with E-state index >= 15 is 0 Å². The summed E-state index contributed by atoms with van der Waals surface area (Å²) in [7, 11) is 1.16. The van der Waals surface area contributed by atoms with Crippen LogP contribution in [0.5, 0.6) is 5.75 Å². The smallest absolute Gasteiger partial charge is 0.158 e. The maximum absolute atomic E-state index is 9.90. The molecule has 0 spiro atoms. The van der Waals surface area contributed by atoms with Crippen molar-refractivity contribution in [2.24, 2.45) is 0 Å². The summed E-state index contributed by atoms with van der Waals surface area (Å²) in [5, 5.41) is 10.8. The van der Waals surface area contributed by atoms with Gasteiger partial charge >= 0.3 is 0 Å². The summed E-state index contributed by atoms with van der Waals surface area (Å²) in [6, 6.07) is 1.87. The molecule has 3 heterocycles. The Morgan fingerprint density at radius 3 is 2.92 bits per heavy atom. The molecule has 132 valence electrons. The van der Waals surface area contributed by atoms with Crippen LogP contribution in [0.2, 0.25) is 0 Å². The van der Waals surface area contributed by atoms with Crippen LogP contribution in [0.3, 0.4) is 0 Å². The van der Waals surface area contributed by atoms with Crippen LogP contribution in [0.4, 0.5) is 5.82 Å². The molecular weight excluding hydrogens is 384 g/mol. The molecule has 0 aliphatic carbocycles. The van der Waals surface area contributed by atoms with Gasteiger partial charge in [0.1, 0.15) is 17.6 Å². The molecule has 3 rings (SSSR count). The first-order chi connectivity index (χ1) is 11.5. The maximum atomic E-state index is 9.90. The lowest BCUT2D eigenvalue weighted by atomic mass is 9.97. The van der Waals surface area contributed by atoms with Gasteiger partial charge in [0.15, 0.2) is 5.82 Å². The first-order valence-corrected chi connectivity index (χ1v) is 12.3. The zero-order valence-corrected chi connectivity index (χ0v) is 16.7. The van der Waals surface area contributed by atoms with Crippen molar-refractivity contribution >= 4 is 60.9 Å². The van der Waals surface area contributed by atoms with E-state index in [0.29, 0.717) is 25.4 Å². The number of rotatable bonds is 7. The van der Waals surface area contributed by atoms with Crippen molar-refractivity contribution in [1.82, 2.24) is 15.0 Å². The summed E-state index contributed by atoms with van der Waals surface area (Å²) in [6.07, 6.45) is 3.22. The first kappa shape index (κ1) is 18.2. The molecule has 1 aliphatic heterocycles. The van der Waals surface area contributed by atoms with Crippen molar-refractivity contribution < 1.29 is 9.84 Å². The van der Waals surface area contributed by atoms with E-state index in [1.54, 1.807) is 6.20 Å². The van der Waals surface area contributed by atoms with Crippen molar-refractivity contribution in [3.63, 3.8) is 0 Å². The van der Waals surface area contributed by atoms with Crippen molar-refractivity contribution in [2.45, 2.75) is 12.5 Å². The van der Waals surface area contributed by atoms with E-state index < -0.39 is 5.60 Å². The third-order valence-electron chi connectivity index (χ3n) is 3.62. The van der Waals surface area contributed by atoms with Gasteiger partial charge in [0.25, 0.3) is 0 Å². The molecule has 24 heavy (non-hydrogen) atoms. The highest BCUT2D eigenvalue weighted by molar-refractivity contribution is 8.83. The van der Waals surface area contributed by atoms with E-state index in [1.165, 1.54) is 17.1 Å². The third-order valence-corrected chi connectivity index (χ3v) is 8.65. The minimum atomic E-state index is -0.656. The van der Waals surface area contributed by atoms with Gasteiger partial charge in [-0.25, -0.2) is 15.0 Å². The number of pyridine rings is 1. The molecule has 0 amide bonds. The predicted octanol–water partition coefficient (Wildman–Crippen LogP) is 2.36. The molecule has 0 bridgehead atoms. The van der Waals surface area contributed by atoms with E-state index in [0.717, 1.165) is 27.7 Å². The Kier molecular flexibility index (Phi) is 5.91. The Balaban J connectivity index is 1.68. The second-order valence-corrected chi connectivity index (χ2v) is 11.1. The topological polar surface area (TPSA) is 71.4 Å². The molecular formula is C14H20N4O2S4. The van der Waals surface area contributed by atoms with Gasteiger partial charge in [-0.1, -0.05) is 10.8 Å². The SMILES string of the molecule is CC1(O)CN(c2ncnc3cc(OCC[SH](S)CSS)cnc23)C1. The number of anilines is 1. The highest BCUT2D eigenvalue weighted by Gasteiger charge is 2.38. The quantitative estimate of drug-likeness (QED) is 0.417. The molecule has 1 N–H and O–H groups in total. The third kappa shape index (κ3) is 4.34. The number of aromatic nitrogens is 3. The number of thiol groups is 3. The van der Waals surface area contributed by atoms with Gasteiger partial charge < -0.3 is 14.7 Å². The van der Waals surface area contributed by atoms with E-state index in [4.69, 9.17) is 4.74 Å². The molecule has 1 atom stereocenters. The molecule has 2 aromatic heterocycles. The van der Waals surface area contributed by atoms with Gasteiger partial charge in [0.05, 0.1) is 23.9 Å². The van der Waals surface area contributed by atoms with E-state index in [-0.39, 0.29) is 9.93 Å². The van der Waals surface area contributed by atoms with Crippen LogP contribution in [0.1, 0.15) is 6.92 Å². The minimum absolute atomic E-state index is 0.350. The fourth-order valence-electron chi connectivity index (χ4n) is 2.55. The molecule has 1 saturated heterocycles. The second-order valence-electron chi connectivity index (χ2n) is 5.93. The van der Waals surface area contributed by atoms with Crippen LogP contribution in [-0.4, -0.2) is 56.2 Å². The Hall–Kier alpha value is -0.550. The Labute approximate surface area is 157 Å². The van der Waals surface area contributed by atoms with Crippen molar-refractivity contribution in [3.05, 3.63) is 18.6 Å². The molecule has 0 radical (unpaired) electrons. The number of ether oxygens (including phenoxy) is 1. The van der Waals surface area contributed by atoms with Crippen molar-refractivity contribution in [1.29, 1.82) is 0 Å². The van der Waals surface area contributed by atoms with Crippen LogP contribution >= 0.6 is 44.0 Å². The number of β-amino-alcohol motifs (C(OH)–C–C–N with tert-alkyl or cyclic N) is 1. The molecule has 6 nitrogen and oxygen atoms in total. The second kappa shape index (κ2) is 7.77. The van der Waals surface area contributed by atoms with Gasteiger partial charge in [-0.2, -0.15) is 9.93 Å². The molecule has 0 aromatic carbocycles. The Morgan fingerprint density at radius 2 is 2.21 bits per heavy atom. The molecule has 0 saturated carbocycles. The van der Waals surface area contributed by atoms with Crippen LogP contribution in [-0.2, 0) is 0 Å². The van der Waals surface area contributed by atoms with Gasteiger partial charge in [0, 0.05) is 30.0 Å². The summed E-state index contributed by atoms with van der Waals surface area (Å²) in [5.74, 6) is 2.35. The van der Waals surface area contributed by atoms with Gasteiger partial charge in [-0.3, -0.25) is 0 Å². The number of aliphatic hydroxyl groups is 1. The van der Waals surface area contributed by atoms with Crippen molar-refractivity contribution in [3.8, 4) is 5.75 Å². The number of hydrogen-bond acceptors (Lipinski definition) is 9. The molecule has 10 heteroatoms. The van der Waals surface area contributed by atoms with E-state index in [9.17, 15) is 5.11 Å². The molecule has 1 fully saturated rings. The maximum Gasteiger partial charge on any atom is 0.158 e. The van der Waals surface area contributed by atoms with Crippen molar-refractivity contribution in [2.75, 3.05) is 35.4 Å². The van der Waals surface area contributed by atoms with Crippen LogP contribution in [0, 0.1) is 0 Å². The fraction of sp³-hybridized carbons (Fsp3) is 0.500. The molecule has 1 unspecified atom stereocenters. The zero-order valence-electron chi connectivity index (χ0n) is 13.2. The minimum Gasteiger partial charge on any atom is -0.491 e. The summed E-state index contributed by atoms with van der Waals surface area (Å²) in [5.41, 5.74) is 0.808. The number of nitrogens with zero attached hydrogens (tertiary/aromatic N) is 4. The zero-order chi connectivity index (χ0) is 17.2. The first-order valence-electron chi connectivity index (χ1n) is 7.39.